The predicted octanol–water partition coefficient (Wildman–Crippen LogP) is 2.01. The number of alkyl halides is 3. The standard InChI is InChI=1S/C11H12F3NO2/c12-11(13,14)9(15)6-10(16)17-7-8-4-2-1-3-5-8/h1-5,9H,6-7,15H2/t9-/m1/s1. The Kier molecular flexibility index (Phi) is 4.51. The molecule has 1 aromatic rings. The zero-order valence-corrected chi connectivity index (χ0v) is 8.91. The molecule has 0 saturated heterocycles. The third-order valence-electron chi connectivity index (χ3n) is 2.05. The number of hydrogen-bond donors (Lipinski definition) is 1. The fourth-order valence-corrected chi connectivity index (χ4v) is 1.09. The van der Waals surface area contributed by atoms with Crippen LogP contribution in [0.5, 0.6) is 0 Å². The molecule has 2 N–H and O–H groups in total. The van der Waals surface area contributed by atoms with Crippen LogP contribution in [-0.2, 0) is 16.1 Å². The number of hydrogen-bond acceptors (Lipinski definition) is 3. The van der Waals surface area contributed by atoms with Gasteiger partial charge in [-0.05, 0) is 5.56 Å². The molecule has 0 saturated carbocycles. The monoisotopic (exact) mass is 247 g/mol. The summed E-state index contributed by atoms with van der Waals surface area (Å²) >= 11 is 0. The van der Waals surface area contributed by atoms with Crippen molar-refractivity contribution in [1.82, 2.24) is 0 Å². The SMILES string of the molecule is N[C@H](CC(=O)OCc1ccccc1)C(F)(F)F. The normalized spacial score (nSPS) is 13.2. The molecule has 0 aliphatic rings. The van der Waals surface area contributed by atoms with E-state index in [-0.39, 0.29) is 6.61 Å². The summed E-state index contributed by atoms with van der Waals surface area (Å²) in [5.41, 5.74) is 5.50. The fraction of sp³-hybridized carbons (Fsp3) is 0.364. The molecule has 17 heavy (non-hydrogen) atoms. The minimum absolute atomic E-state index is 0.0513. The number of rotatable bonds is 4. The third-order valence-corrected chi connectivity index (χ3v) is 2.05. The summed E-state index contributed by atoms with van der Waals surface area (Å²) in [5, 5.41) is 0. The number of benzene rings is 1. The maximum absolute atomic E-state index is 12.0. The van der Waals surface area contributed by atoms with Crippen LogP contribution in [0.1, 0.15) is 12.0 Å². The van der Waals surface area contributed by atoms with Gasteiger partial charge < -0.3 is 10.5 Å². The van der Waals surface area contributed by atoms with Crippen molar-refractivity contribution < 1.29 is 22.7 Å². The number of nitrogens with two attached hydrogens (primary N) is 1. The lowest BCUT2D eigenvalue weighted by Gasteiger charge is -2.14. The first-order valence-electron chi connectivity index (χ1n) is 4.91. The van der Waals surface area contributed by atoms with Gasteiger partial charge in [0.15, 0.2) is 0 Å². The number of carbonyl (C=O) groups excluding carboxylic acids is 1. The van der Waals surface area contributed by atoms with Crippen LogP contribution < -0.4 is 5.73 Å². The Balaban J connectivity index is 2.36. The number of carbonyl (C=O) groups is 1. The van der Waals surface area contributed by atoms with Gasteiger partial charge in [-0.15, -0.1) is 0 Å². The van der Waals surface area contributed by atoms with Crippen LogP contribution in [0.25, 0.3) is 0 Å². The van der Waals surface area contributed by atoms with Crippen molar-refractivity contribution in [2.45, 2.75) is 25.2 Å². The Morgan fingerprint density at radius 2 is 1.88 bits per heavy atom. The van der Waals surface area contributed by atoms with E-state index in [0.29, 0.717) is 5.56 Å². The van der Waals surface area contributed by atoms with E-state index < -0.39 is 24.6 Å². The lowest BCUT2D eigenvalue weighted by Crippen LogP contribution is -2.39. The van der Waals surface area contributed by atoms with Gasteiger partial charge in [0.05, 0.1) is 6.42 Å². The van der Waals surface area contributed by atoms with Crippen LogP contribution in [0.3, 0.4) is 0 Å². The minimum atomic E-state index is -4.58. The first kappa shape index (κ1) is 13.5. The van der Waals surface area contributed by atoms with Crippen molar-refractivity contribution >= 4 is 5.97 Å². The highest BCUT2D eigenvalue weighted by atomic mass is 19.4. The molecule has 0 heterocycles. The van der Waals surface area contributed by atoms with Gasteiger partial charge >= 0.3 is 12.1 Å². The van der Waals surface area contributed by atoms with Gasteiger partial charge in [-0.1, -0.05) is 30.3 Å². The smallest absolute Gasteiger partial charge is 0.404 e. The van der Waals surface area contributed by atoms with E-state index in [9.17, 15) is 18.0 Å². The Morgan fingerprint density at radius 3 is 2.41 bits per heavy atom. The van der Waals surface area contributed by atoms with Crippen molar-refractivity contribution in [3.63, 3.8) is 0 Å². The van der Waals surface area contributed by atoms with Crippen molar-refractivity contribution in [3.8, 4) is 0 Å². The van der Waals surface area contributed by atoms with Crippen LogP contribution in [-0.4, -0.2) is 18.2 Å². The van der Waals surface area contributed by atoms with Crippen molar-refractivity contribution in [2.75, 3.05) is 0 Å². The van der Waals surface area contributed by atoms with E-state index in [1.54, 1.807) is 30.3 Å². The molecule has 0 bridgehead atoms. The number of halogens is 3. The second-order valence-electron chi connectivity index (χ2n) is 3.50. The van der Waals surface area contributed by atoms with Crippen molar-refractivity contribution in [3.05, 3.63) is 35.9 Å². The first-order chi connectivity index (χ1) is 7.89. The number of esters is 1. The molecule has 0 spiro atoms. The van der Waals surface area contributed by atoms with E-state index in [0.717, 1.165) is 0 Å². The highest BCUT2D eigenvalue weighted by molar-refractivity contribution is 5.70. The third kappa shape index (κ3) is 4.86. The van der Waals surface area contributed by atoms with Gasteiger partial charge in [0, 0.05) is 0 Å². The molecular weight excluding hydrogens is 235 g/mol. The van der Waals surface area contributed by atoms with E-state index >= 15 is 0 Å². The summed E-state index contributed by atoms with van der Waals surface area (Å²) in [6.45, 7) is -0.0513. The van der Waals surface area contributed by atoms with Crippen LogP contribution in [0.15, 0.2) is 30.3 Å². The van der Waals surface area contributed by atoms with Gasteiger partial charge in [-0.3, -0.25) is 4.79 Å². The molecule has 0 aromatic heterocycles. The molecule has 94 valence electrons. The average Bonchev–Trinajstić information content (AvgIpc) is 2.26. The molecule has 0 radical (unpaired) electrons. The molecule has 0 aliphatic heterocycles. The Morgan fingerprint density at radius 1 is 1.29 bits per heavy atom. The number of ether oxygens (including phenoxy) is 1. The molecule has 0 amide bonds. The van der Waals surface area contributed by atoms with Crippen LogP contribution >= 0.6 is 0 Å². The maximum Gasteiger partial charge on any atom is 0.404 e. The van der Waals surface area contributed by atoms with Gasteiger partial charge in [-0.2, -0.15) is 13.2 Å². The topological polar surface area (TPSA) is 52.3 Å². The van der Waals surface area contributed by atoms with E-state index in [4.69, 9.17) is 5.73 Å². The largest absolute Gasteiger partial charge is 0.461 e. The van der Waals surface area contributed by atoms with E-state index in [2.05, 4.69) is 4.74 Å². The van der Waals surface area contributed by atoms with Gasteiger partial charge in [-0.25, -0.2) is 0 Å². The molecule has 0 unspecified atom stereocenters. The average molecular weight is 247 g/mol. The van der Waals surface area contributed by atoms with Gasteiger partial charge in [0.1, 0.15) is 12.6 Å². The lowest BCUT2D eigenvalue weighted by atomic mass is 10.2. The van der Waals surface area contributed by atoms with Gasteiger partial charge in [0.2, 0.25) is 0 Å². The fourth-order valence-electron chi connectivity index (χ4n) is 1.09. The quantitative estimate of drug-likeness (QED) is 0.828. The van der Waals surface area contributed by atoms with Crippen molar-refractivity contribution in [2.24, 2.45) is 5.73 Å². The van der Waals surface area contributed by atoms with Gasteiger partial charge in [0.25, 0.3) is 0 Å². The second-order valence-corrected chi connectivity index (χ2v) is 3.50. The minimum Gasteiger partial charge on any atom is -0.461 e. The molecule has 1 rings (SSSR count). The zero-order valence-electron chi connectivity index (χ0n) is 8.91. The van der Waals surface area contributed by atoms with E-state index in [1.807, 2.05) is 0 Å². The van der Waals surface area contributed by atoms with Crippen LogP contribution in [0.4, 0.5) is 13.2 Å². The summed E-state index contributed by atoms with van der Waals surface area (Å²) < 4.78 is 40.8. The molecule has 6 heteroatoms. The Hall–Kier alpha value is -1.56. The Labute approximate surface area is 96.4 Å². The Bertz CT molecular complexity index is 365. The summed E-state index contributed by atoms with van der Waals surface area (Å²) in [4.78, 5) is 11.1. The highest BCUT2D eigenvalue weighted by Gasteiger charge is 2.38. The predicted molar refractivity (Wildman–Crippen MR) is 54.9 cm³/mol. The highest BCUT2D eigenvalue weighted by Crippen LogP contribution is 2.20. The summed E-state index contributed by atoms with van der Waals surface area (Å²) in [7, 11) is 0. The summed E-state index contributed by atoms with van der Waals surface area (Å²) in [6.07, 6.45) is -5.44. The summed E-state index contributed by atoms with van der Waals surface area (Å²) in [5.74, 6) is -0.960. The first-order valence-corrected chi connectivity index (χ1v) is 4.91. The zero-order chi connectivity index (χ0) is 12.9. The summed E-state index contributed by atoms with van der Waals surface area (Å²) in [6, 6.07) is 6.50. The van der Waals surface area contributed by atoms with Crippen LogP contribution in [0, 0.1) is 0 Å². The molecular formula is C11H12F3NO2. The maximum atomic E-state index is 12.0. The van der Waals surface area contributed by atoms with Crippen LogP contribution in [0.2, 0.25) is 0 Å². The molecule has 0 aliphatic carbocycles. The van der Waals surface area contributed by atoms with Crippen molar-refractivity contribution in [1.29, 1.82) is 0 Å². The van der Waals surface area contributed by atoms with E-state index in [1.165, 1.54) is 0 Å². The molecule has 3 nitrogen and oxygen atoms in total. The molecule has 1 atom stereocenters. The second kappa shape index (κ2) is 5.67. The molecule has 1 aromatic carbocycles. The lowest BCUT2D eigenvalue weighted by molar-refractivity contribution is -0.165. The molecule has 0 fully saturated rings.